The Balaban J connectivity index is 2.29. The fourth-order valence-corrected chi connectivity index (χ4v) is 2.76. The topological polar surface area (TPSA) is 83.9 Å². The molecule has 106 valence electrons. The zero-order chi connectivity index (χ0) is 14.4. The maximum Gasteiger partial charge on any atom is 0.313 e. The van der Waals surface area contributed by atoms with Gasteiger partial charge in [0.1, 0.15) is 5.41 Å². The van der Waals surface area contributed by atoms with Gasteiger partial charge in [-0.05, 0) is 12.3 Å². The number of amides is 2. The highest BCUT2D eigenvalue weighted by molar-refractivity contribution is 5.99. The zero-order valence-corrected chi connectivity index (χ0v) is 11.4. The van der Waals surface area contributed by atoms with E-state index in [-0.39, 0.29) is 43.3 Å². The Bertz CT molecular complexity index is 424. The van der Waals surface area contributed by atoms with Crippen molar-refractivity contribution in [3.8, 4) is 0 Å². The Kier molecular flexibility index (Phi) is 3.16. The van der Waals surface area contributed by atoms with E-state index in [1.165, 1.54) is 6.92 Å². The fourth-order valence-electron chi connectivity index (χ4n) is 2.76. The third-order valence-corrected chi connectivity index (χ3v) is 4.01. The molecule has 2 fully saturated rings. The molecule has 0 bridgehead atoms. The van der Waals surface area contributed by atoms with E-state index in [1.54, 1.807) is 0 Å². The Hall–Kier alpha value is -1.43. The molecule has 0 aromatic rings. The van der Waals surface area contributed by atoms with Crippen LogP contribution in [0.15, 0.2) is 0 Å². The molecule has 6 nitrogen and oxygen atoms in total. The van der Waals surface area contributed by atoms with Crippen LogP contribution >= 0.6 is 0 Å². The fraction of sp³-hybridized carbons (Fsp3) is 0.769. The van der Waals surface area contributed by atoms with Gasteiger partial charge in [-0.15, -0.1) is 0 Å². The molecule has 0 radical (unpaired) electrons. The average Bonchev–Trinajstić information content (AvgIpc) is 2.59. The molecule has 0 aliphatic carbocycles. The minimum atomic E-state index is -1.22. The van der Waals surface area contributed by atoms with E-state index in [0.717, 1.165) is 4.90 Å². The van der Waals surface area contributed by atoms with Gasteiger partial charge in [-0.3, -0.25) is 19.3 Å². The molecule has 2 heterocycles. The van der Waals surface area contributed by atoms with E-state index < -0.39 is 17.4 Å². The van der Waals surface area contributed by atoms with E-state index in [1.807, 2.05) is 13.8 Å². The lowest BCUT2D eigenvalue weighted by molar-refractivity contribution is -0.161. The number of likely N-dealkylation sites (tertiary alicyclic amines) is 1. The van der Waals surface area contributed by atoms with E-state index in [0.29, 0.717) is 0 Å². The van der Waals surface area contributed by atoms with Crippen LogP contribution in [-0.4, -0.2) is 47.0 Å². The standard InChI is InChI=1S/C13H19NO5/c1-12(2)4-9(15)14(10(16)5-12)8-6-19-7-13(8,3)11(17)18/h8H,4-7H2,1-3H3,(H,17,18). The molecule has 0 spiro atoms. The van der Waals surface area contributed by atoms with Gasteiger partial charge in [0.05, 0.1) is 19.3 Å². The summed E-state index contributed by atoms with van der Waals surface area (Å²) < 4.78 is 5.21. The first-order chi connectivity index (χ1) is 8.67. The molecule has 2 saturated heterocycles. The van der Waals surface area contributed by atoms with Crippen molar-refractivity contribution in [1.82, 2.24) is 4.90 Å². The third kappa shape index (κ3) is 2.25. The monoisotopic (exact) mass is 269 g/mol. The average molecular weight is 269 g/mol. The van der Waals surface area contributed by atoms with Crippen molar-refractivity contribution in [2.75, 3.05) is 13.2 Å². The van der Waals surface area contributed by atoms with E-state index in [4.69, 9.17) is 4.74 Å². The van der Waals surface area contributed by atoms with Crippen LogP contribution < -0.4 is 0 Å². The van der Waals surface area contributed by atoms with E-state index >= 15 is 0 Å². The second kappa shape index (κ2) is 4.30. The number of aliphatic carboxylic acids is 1. The molecule has 0 aromatic heterocycles. The van der Waals surface area contributed by atoms with Crippen molar-refractivity contribution < 1.29 is 24.2 Å². The molecule has 0 aromatic carbocycles. The van der Waals surface area contributed by atoms with Gasteiger partial charge in [-0.1, -0.05) is 13.8 Å². The molecule has 2 atom stereocenters. The van der Waals surface area contributed by atoms with Gasteiger partial charge in [0.2, 0.25) is 11.8 Å². The largest absolute Gasteiger partial charge is 0.481 e. The summed E-state index contributed by atoms with van der Waals surface area (Å²) in [5.74, 6) is -1.64. The number of piperidine rings is 1. The van der Waals surface area contributed by atoms with Crippen molar-refractivity contribution in [3.63, 3.8) is 0 Å². The lowest BCUT2D eigenvalue weighted by atomic mass is 9.78. The number of ether oxygens (including phenoxy) is 1. The normalized spacial score (nSPS) is 34.7. The van der Waals surface area contributed by atoms with Gasteiger partial charge in [-0.25, -0.2) is 0 Å². The maximum absolute atomic E-state index is 12.2. The molecular formula is C13H19NO5. The minimum absolute atomic E-state index is 0.0213. The number of rotatable bonds is 2. The van der Waals surface area contributed by atoms with Crippen LogP contribution in [0.1, 0.15) is 33.6 Å². The number of imide groups is 1. The summed E-state index contributed by atoms with van der Waals surface area (Å²) in [6.45, 7) is 5.37. The molecule has 1 N–H and O–H groups in total. The second-order valence-electron chi connectivity index (χ2n) is 6.43. The number of carbonyl (C=O) groups is 3. The van der Waals surface area contributed by atoms with Crippen LogP contribution in [0.4, 0.5) is 0 Å². The predicted molar refractivity (Wildman–Crippen MR) is 65.2 cm³/mol. The van der Waals surface area contributed by atoms with Gasteiger partial charge in [0.25, 0.3) is 0 Å². The summed E-state index contributed by atoms with van der Waals surface area (Å²) in [6, 6.07) is -0.707. The molecule has 6 heteroatoms. The Morgan fingerprint density at radius 2 is 1.79 bits per heavy atom. The van der Waals surface area contributed by atoms with Crippen molar-refractivity contribution >= 4 is 17.8 Å². The molecule has 2 aliphatic heterocycles. The summed E-state index contributed by atoms with van der Waals surface area (Å²) in [6.07, 6.45) is 0.510. The molecule has 19 heavy (non-hydrogen) atoms. The summed E-state index contributed by atoms with van der Waals surface area (Å²) in [7, 11) is 0. The molecule has 2 amide bonds. The number of nitrogens with zero attached hydrogens (tertiary/aromatic N) is 1. The lowest BCUT2D eigenvalue weighted by Crippen LogP contribution is -2.58. The first-order valence-electron chi connectivity index (χ1n) is 6.33. The quantitative estimate of drug-likeness (QED) is 0.744. The Labute approximate surface area is 111 Å². The van der Waals surface area contributed by atoms with Crippen molar-refractivity contribution in [2.24, 2.45) is 10.8 Å². The highest BCUT2D eigenvalue weighted by atomic mass is 16.5. The highest BCUT2D eigenvalue weighted by Crippen LogP contribution is 2.38. The maximum atomic E-state index is 12.2. The predicted octanol–water partition coefficient (Wildman–Crippen LogP) is 0.651. The highest BCUT2D eigenvalue weighted by Gasteiger charge is 2.54. The summed E-state index contributed by atoms with van der Waals surface area (Å²) in [5.41, 5.74) is -1.57. The number of carboxylic acids is 1. The number of carboxylic acid groups (broad SMARTS) is 1. The van der Waals surface area contributed by atoms with Gasteiger partial charge in [-0.2, -0.15) is 0 Å². The van der Waals surface area contributed by atoms with Crippen molar-refractivity contribution in [2.45, 2.75) is 39.7 Å². The number of hydrogen-bond acceptors (Lipinski definition) is 4. The van der Waals surface area contributed by atoms with Crippen LogP contribution in [0, 0.1) is 10.8 Å². The van der Waals surface area contributed by atoms with Crippen LogP contribution in [0.2, 0.25) is 0 Å². The third-order valence-electron chi connectivity index (χ3n) is 4.01. The molecule has 0 saturated carbocycles. The second-order valence-corrected chi connectivity index (χ2v) is 6.43. The Morgan fingerprint density at radius 1 is 1.26 bits per heavy atom. The van der Waals surface area contributed by atoms with Gasteiger partial charge < -0.3 is 9.84 Å². The first-order valence-corrected chi connectivity index (χ1v) is 6.33. The number of carbonyl (C=O) groups excluding carboxylic acids is 2. The SMILES string of the molecule is CC1(C)CC(=O)N(C2COCC2(C)C(=O)O)C(=O)C1. The van der Waals surface area contributed by atoms with Crippen LogP contribution in [0.25, 0.3) is 0 Å². The summed E-state index contributed by atoms with van der Waals surface area (Å²) >= 11 is 0. The van der Waals surface area contributed by atoms with Crippen LogP contribution in [0.3, 0.4) is 0 Å². The van der Waals surface area contributed by atoms with Crippen LogP contribution in [-0.2, 0) is 19.1 Å². The molecular weight excluding hydrogens is 250 g/mol. The van der Waals surface area contributed by atoms with Crippen molar-refractivity contribution in [3.05, 3.63) is 0 Å². The van der Waals surface area contributed by atoms with E-state index in [9.17, 15) is 19.5 Å². The summed E-state index contributed by atoms with van der Waals surface area (Å²) in [4.78, 5) is 36.9. The van der Waals surface area contributed by atoms with Crippen LogP contribution in [0.5, 0.6) is 0 Å². The number of hydrogen-bond donors (Lipinski definition) is 1. The minimum Gasteiger partial charge on any atom is -0.481 e. The molecule has 2 unspecified atom stereocenters. The molecule has 2 aliphatic rings. The van der Waals surface area contributed by atoms with Gasteiger partial charge in [0.15, 0.2) is 0 Å². The zero-order valence-electron chi connectivity index (χ0n) is 11.4. The Morgan fingerprint density at radius 3 is 2.26 bits per heavy atom. The van der Waals surface area contributed by atoms with E-state index in [2.05, 4.69) is 0 Å². The smallest absolute Gasteiger partial charge is 0.313 e. The first kappa shape index (κ1) is 14.0. The van der Waals surface area contributed by atoms with Gasteiger partial charge >= 0.3 is 5.97 Å². The van der Waals surface area contributed by atoms with Crippen molar-refractivity contribution in [1.29, 1.82) is 0 Å². The lowest BCUT2D eigenvalue weighted by Gasteiger charge is -2.40. The van der Waals surface area contributed by atoms with Gasteiger partial charge in [0, 0.05) is 12.8 Å². The summed E-state index contributed by atoms with van der Waals surface area (Å²) in [5, 5.41) is 9.32. The molecule has 2 rings (SSSR count).